The summed E-state index contributed by atoms with van der Waals surface area (Å²) in [5.74, 6) is -1.06. The van der Waals surface area contributed by atoms with Crippen molar-refractivity contribution in [3.8, 4) is 0 Å². The van der Waals surface area contributed by atoms with E-state index in [4.69, 9.17) is 5.73 Å². The molecular weight excluding hydrogens is 266 g/mol. The lowest BCUT2D eigenvalue weighted by Gasteiger charge is -2.16. The molecule has 0 aliphatic rings. The van der Waals surface area contributed by atoms with Crippen molar-refractivity contribution in [3.63, 3.8) is 0 Å². The highest BCUT2D eigenvalue weighted by atomic mass is 35.5. The van der Waals surface area contributed by atoms with E-state index in [9.17, 15) is 13.2 Å². The molecule has 4 N–H and O–H groups in total. The van der Waals surface area contributed by atoms with Crippen molar-refractivity contribution in [3.05, 3.63) is 0 Å². The largest absolute Gasteiger partial charge is 0.351 e. The zero-order valence-corrected chi connectivity index (χ0v) is 11.9. The van der Waals surface area contributed by atoms with E-state index in [0.717, 1.165) is 19.3 Å². The third kappa shape index (κ3) is 9.34. The van der Waals surface area contributed by atoms with E-state index in [-0.39, 0.29) is 18.4 Å². The predicted octanol–water partition coefficient (Wildman–Crippen LogP) is -0.409. The SMILES string of the molecule is CCCCC(CN)NC(=O)CS(=O)(=O)NC.Cl. The van der Waals surface area contributed by atoms with E-state index >= 15 is 0 Å². The fourth-order valence-corrected chi connectivity index (χ4v) is 1.79. The number of halogens is 1. The maximum absolute atomic E-state index is 11.4. The topological polar surface area (TPSA) is 101 Å². The van der Waals surface area contributed by atoms with E-state index in [1.165, 1.54) is 7.05 Å². The zero-order valence-electron chi connectivity index (χ0n) is 10.2. The molecular formula is C9H22ClN3O3S. The second-order valence-electron chi connectivity index (χ2n) is 3.61. The molecule has 0 rings (SSSR count). The number of rotatable bonds is 8. The molecule has 0 spiro atoms. The Labute approximate surface area is 109 Å². The smallest absolute Gasteiger partial charge is 0.236 e. The quantitative estimate of drug-likeness (QED) is 0.565. The number of nitrogens with two attached hydrogens (primary N) is 1. The van der Waals surface area contributed by atoms with Crippen LogP contribution in [0.4, 0.5) is 0 Å². The molecule has 6 nitrogen and oxygen atoms in total. The van der Waals surface area contributed by atoms with Crippen LogP contribution in [0.25, 0.3) is 0 Å². The molecule has 0 aliphatic carbocycles. The molecule has 0 aromatic rings. The van der Waals surface area contributed by atoms with Crippen LogP contribution in [0, 0.1) is 0 Å². The summed E-state index contributed by atoms with van der Waals surface area (Å²) in [6.07, 6.45) is 2.75. The maximum atomic E-state index is 11.4. The molecule has 1 amide bonds. The molecule has 0 aromatic carbocycles. The van der Waals surface area contributed by atoms with Crippen LogP contribution in [0.2, 0.25) is 0 Å². The van der Waals surface area contributed by atoms with Gasteiger partial charge in [0.1, 0.15) is 5.75 Å². The van der Waals surface area contributed by atoms with Crippen molar-refractivity contribution < 1.29 is 13.2 Å². The van der Waals surface area contributed by atoms with Crippen LogP contribution in [0.1, 0.15) is 26.2 Å². The Morgan fingerprint density at radius 3 is 2.41 bits per heavy atom. The summed E-state index contributed by atoms with van der Waals surface area (Å²) in [5, 5.41) is 2.61. The van der Waals surface area contributed by atoms with Gasteiger partial charge in [-0.25, -0.2) is 13.1 Å². The zero-order chi connectivity index (χ0) is 12.6. The molecule has 0 saturated heterocycles. The number of carbonyl (C=O) groups is 1. The van der Waals surface area contributed by atoms with Crippen molar-refractivity contribution in [1.82, 2.24) is 10.0 Å². The van der Waals surface area contributed by atoms with E-state index in [1.54, 1.807) is 0 Å². The second kappa shape index (κ2) is 9.64. The molecule has 0 fully saturated rings. The van der Waals surface area contributed by atoms with E-state index in [2.05, 4.69) is 10.0 Å². The first-order valence-corrected chi connectivity index (χ1v) is 7.01. The van der Waals surface area contributed by atoms with E-state index in [0.29, 0.717) is 6.54 Å². The number of amides is 1. The highest BCUT2D eigenvalue weighted by Gasteiger charge is 2.16. The van der Waals surface area contributed by atoms with Crippen molar-refractivity contribution in [2.45, 2.75) is 32.2 Å². The van der Waals surface area contributed by atoms with Gasteiger partial charge in [0.05, 0.1) is 0 Å². The van der Waals surface area contributed by atoms with Gasteiger partial charge < -0.3 is 11.1 Å². The molecule has 1 unspecified atom stereocenters. The third-order valence-corrected chi connectivity index (χ3v) is 3.45. The van der Waals surface area contributed by atoms with Gasteiger partial charge in [-0.1, -0.05) is 19.8 Å². The highest BCUT2D eigenvalue weighted by molar-refractivity contribution is 7.90. The van der Waals surface area contributed by atoms with Crippen LogP contribution in [0.3, 0.4) is 0 Å². The van der Waals surface area contributed by atoms with Gasteiger partial charge >= 0.3 is 0 Å². The number of unbranched alkanes of at least 4 members (excludes halogenated alkanes) is 1. The van der Waals surface area contributed by atoms with Gasteiger partial charge in [-0.15, -0.1) is 12.4 Å². The van der Waals surface area contributed by atoms with Gasteiger partial charge in [-0.3, -0.25) is 4.79 Å². The van der Waals surface area contributed by atoms with Crippen LogP contribution in [0.5, 0.6) is 0 Å². The number of nitrogens with one attached hydrogen (secondary N) is 2. The van der Waals surface area contributed by atoms with Crippen molar-refractivity contribution >= 4 is 28.3 Å². The number of hydrogen-bond donors (Lipinski definition) is 3. The molecule has 0 aromatic heterocycles. The van der Waals surface area contributed by atoms with Crippen molar-refractivity contribution in [2.24, 2.45) is 5.73 Å². The lowest BCUT2D eigenvalue weighted by Crippen LogP contribution is -2.44. The maximum Gasteiger partial charge on any atom is 0.236 e. The average Bonchev–Trinajstić information content (AvgIpc) is 2.23. The Bertz CT molecular complexity index is 309. The van der Waals surface area contributed by atoms with Gasteiger partial charge in [0.25, 0.3) is 0 Å². The van der Waals surface area contributed by atoms with Gasteiger partial charge in [-0.2, -0.15) is 0 Å². The van der Waals surface area contributed by atoms with Gasteiger partial charge in [-0.05, 0) is 13.5 Å². The number of carbonyl (C=O) groups excluding carboxylic acids is 1. The third-order valence-electron chi connectivity index (χ3n) is 2.19. The first-order chi connectivity index (χ1) is 7.45. The number of hydrogen-bond acceptors (Lipinski definition) is 4. The molecule has 1 atom stereocenters. The predicted molar refractivity (Wildman–Crippen MR) is 70.6 cm³/mol. The average molecular weight is 288 g/mol. The summed E-state index contributed by atoms with van der Waals surface area (Å²) in [4.78, 5) is 11.4. The van der Waals surface area contributed by atoms with E-state index < -0.39 is 21.7 Å². The summed E-state index contributed by atoms with van der Waals surface area (Å²) in [7, 11) is -2.22. The van der Waals surface area contributed by atoms with Gasteiger partial charge in [0.15, 0.2) is 0 Å². The number of sulfonamides is 1. The molecule has 8 heteroatoms. The first-order valence-electron chi connectivity index (χ1n) is 5.35. The van der Waals surface area contributed by atoms with Crippen molar-refractivity contribution in [1.29, 1.82) is 0 Å². The van der Waals surface area contributed by atoms with Crippen LogP contribution in [-0.2, 0) is 14.8 Å². The molecule has 0 heterocycles. The Hall–Kier alpha value is -0.370. The summed E-state index contributed by atoms with van der Waals surface area (Å²) in [6, 6.07) is -0.139. The second-order valence-corrected chi connectivity index (χ2v) is 5.53. The summed E-state index contributed by atoms with van der Waals surface area (Å²) >= 11 is 0. The van der Waals surface area contributed by atoms with Crippen LogP contribution < -0.4 is 15.8 Å². The highest BCUT2D eigenvalue weighted by Crippen LogP contribution is 1.99. The summed E-state index contributed by atoms with van der Waals surface area (Å²) < 4.78 is 24.3. The molecule has 0 aliphatic heterocycles. The monoisotopic (exact) mass is 287 g/mol. The van der Waals surface area contributed by atoms with Crippen LogP contribution >= 0.6 is 12.4 Å². The Balaban J connectivity index is 0. The fraction of sp³-hybridized carbons (Fsp3) is 0.889. The molecule has 0 radical (unpaired) electrons. The summed E-state index contributed by atoms with van der Waals surface area (Å²) in [5.41, 5.74) is 5.48. The Morgan fingerprint density at radius 2 is 2.00 bits per heavy atom. The lowest BCUT2D eigenvalue weighted by atomic mass is 10.1. The van der Waals surface area contributed by atoms with Crippen LogP contribution in [-0.4, -0.2) is 39.7 Å². The minimum Gasteiger partial charge on any atom is -0.351 e. The fourth-order valence-electron chi connectivity index (χ4n) is 1.21. The standard InChI is InChI=1S/C9H21N3O3S.ClH/c1-3-4-5-8(6-10)12-9(13)7-16(14,15)11-2;/h8,11H,3-7,10H2,1-2H3,(H,12,13);1H. The first kappa shape index (κ1) is 19.0. The molecule has 17 heavy (non-hydrogen) atoms. The lowest BCUT2D eigenvalue weighted by molar-refractivity contribution is -0.119. The minimum atomic E-state index is -3.50. The minimum absolute atomic E-state index is 0. The molecule has 0 bridgehead atoms. The molecule has 104 valence electrons. The van der Waals surface area contributed by atoms with Gasteiger partial charge in [0.2, 0.25) is 15.9 Å². The van der Waals surface area contributed by atoms with E-state index in [1.807, 2.05) is 6.92 Å². The normalized spacial score (nSPS) is 12.6. The summed E-state index contributed by atoms with van der Waals surface area (Å²) in [6.45, 7) is 2.37. The Morgan fingerprint density at radius 1 is 1.41 bits per heavy atom. The molecule has 0 saturated carbocycles. The van der Waals surface area contributed by atoms with Gasteiger partial charge in [0, 0.05) is 12.6 Å². The van der Waals surface area contributed by atoms with Crippen LogP contribution in [0.15, 0.2) is 0 Å². The van der Waals surface area contributed by atoms with Crippen molar-refractivity contribution in [2.75, 3.05) is 19.3 Å². The Kier molecular flexibility index (Phi) is 10.8.